The molecule has 3 aromatic rings. The van der Waals surface area contributed by atoms with Crippen LogP contribution in [0.1, 0.15) is 45.2 Å². The van der Waals surface area contributed by atoms with Gasteiger partial charge in [0, 0.05) is 17.4 Å². The summed E-state index contributed by atoms with van der Waals surface area (Å²) in [5.74, 6) is 0.408. The molecule has 3 aliphatic rings. The highest BCUT2D eigenvalue weighted by atomic mass is 35.5. The Hall–Kier alpha value is -2.19. The van der Waals surface area contributed by atoms with Crippen LogP contribution >= 0.6 is 11.6 Å². The van der Waals surface area contributed by atoms with Crippen molar-refractivity contribution in [2.45, 2.75) is 11.8 Å². The van der Waals surface area contributed by atoms with Gasteiger partial charge in [-0.25, -0.2) is 0 Å². The molecule has 0 fully saturated rings. The maximum absolute atomic E-state index is 6.40. The molecule has 3 aliphatic carbocycles. The van der Waals surface area contributed by atoms with Crippen molar-refractivity contribution in [1.29, 1.82) is 0 Å². The van der Waals surface area contributed by atoms with E-state index >= 15 is 0 Å². The van der Waals surface area contributed by atoms with Crippen LogP contribution in [0.5, 0.6) is 0 Å². The fourth-order valence-electron chi connectivity index (χ4n) is 3.95. The molecule has 0 atom stereocenters. The zero-order valence-electron chi connectivity index (χ0n) is 11.1. The lowest BCUT2D eigenvalue weighted by Crippen LogP contribution is -2.28. The van der Waals surface area contributed by atoms with Gasteiger partial charge in [-0.1, -0.05) is 60.1 Å². The summed E-state index contributed by atoms with van der Waals surface area (Å²) >= 11 is 6.40. The molecule has 0 N–H and O–H groups in total. The summed E-state index contributed by atoms with van der Waals surface area (Å²) in [6, 6.07) is 17.3. The first-order chi connectivity index (χ1) is 10.4. The second-order valence-corrected chi connectivity index (χ2v) is 5.99. The van der Waals surface area contributed by atoms with Gasteiger partial charge in [0.2, 0.25) is 0 Å². The highest BCUT2D eigenvalue weighted by molar-refractivity contribution is 6.30. The Balaban J connectivity index is 1.95. The molecule has 6 rings (SSSR count). The van der Waals surface area contributed by atoms with Gasteiger partial charge in [0.15, 0.2) is 5.15 Å². The van der Waals surface area contributed by atoms with Gasteiger partial charge in [0.05, 0.1) is 6.20 Å². The van der Waals surface area contributed by atoms with E-state index in [1.54, 1.807) is 0 Å². The standard InChI is InChI=1S/C18H11ClN2/c19-18-17-14(9-20-21-18)15-10-5-1-3-7-12(10)16(17)13-8-4-2-6-11(13)15/h1-9,15-16H. The topological polar surface area (TPSA) is 25.8 Å². The highest BCUT2D eigenvalue weighted by Crippen LogP contribution is 2.56. The van der Waals surface area contributed by atoms with Crippen LogP contribution in [0.4, 0.5) is 0 Å². The fourth-order valence-corrected chi connectivity index (χ4v) is 4.22. The number of hydrogen-bond acceptors (Lipinski definition) is 2. The molecule has 0 aliphatic heterocycles. The van der Waals surface area contributed by atoms with Crippen LogP contribution in [0, 0.1) is 0 Å². The minimum absolute atomic E-state index is 0.181. The third-order valence-corrected chi connectivity index (χ3v) is 4.99. The number of benzene rings is 2. The van der Waals surface area contributed by atoms with Gasteiger partial charge in [-0.15, -0.1) is 5.10 Å². The van der Waals surface area contributed by atoms with Crippen LogP contribution in [0.2, 0.25) is 5.15 Å². The van der Waals surface area contributed by atoms with E-state index in [1.165, 1.54) is 27.8 Å². The number of rotatable bonds is 0. The molecule has 0 unspecified atom stereocenters. The fraction of sp³-hybridized carbons (Fsp3) is 0.111. The Morgan fingerprint density at radius 2 is 1.24 bits per heavy atom. The van der Waals surface area contributed by atoms with E-state index in [0.29, 0.717) is 5.15 Å². The first kappa shape index (κ1) is 11.5. The summed E-state index contributed by atoms with van der Waals surface area (Å²) in [7, 11) is 0. The molecule has 2 nitrogen and oxygen atoms in total. The molecule has 0 radical (unpaired) electrons. The lowest BCUT2D eigenvalue weighted by atomic mass is 9.62. The van der Waals surface area contributed by atoms with Gasteiger partial charge in [-0.05, 0) is 27.8 Å². The Labute approximate surface area is 127 Å². The van der Waals surface area contributed by atoms with E-state index in [4.69, 9.17) is 11.6 Å². The van der Waals surface area contributed by atoms with Crippen LogP contribution in [-0.4, -0.2) is 10.2 Å². The zero-order valence-corrected chi connectivity index (χ0v) is 11.9. The first-order valence-corrected chi connectivity index (χ1v) is 7.42. The highest BCUT2D eigenvalue weighted by Gasteiger charge is 2.42. The average molecular weight is 291 g/mol. The lowest BCUT2D eigenvalue weighted by Gasteiger charge is -2.41. The molecule has 0 saturated heterocycles. The molecular weight excluding hydrogens is 280 g/mol. The molecule has 100 valence electrons. The number of aromatic nitrogens is 2. The molecule has 1 heterocycles. The van der Waals surface area contributed by atoms with Gasteiger partial charge < -0.3 is 0 Å². The van der Waals surface area contributed by atoms with Crippen LogP contribution in [0.3, 0.4) is 0 Å². The smallest absolute Gasteiger partial charge is 0.156 e. The number of hydrogen-bond donors (Lipinski definition) is 0. The second kappa shape index (κ2) is 3.92. The SMILES string of the molecule is Clc1nncc2c1C1c3ccccc3C2c2ccccc21. The largest absolute Gasteiger partial charge is 0.157 e. The predicted octanol–water partition coefficient (Wildman–Crippen LogP) is 4.12. The summed E-state index contributed by atoms with van der Waals surface area (Å²) in [4.78, 5) is 0. The Bertz CT molecular complexity index is 840. The minimum Gasteiger partial charge on any atom is -0.157 e. The summed E-state index contributed by atoms with van der Waals surface area (Å²) in [6.07, 6.45) is 1.88. The lowest BCUT2D eigenvalue weighted by molar-refractivity contribution is 0.734. The predicted molar refractivity (Wildman–Crippen MR) is 81.8 cm³/mol. The monoisotopic (exact) mass is 290 g/mol. The van der Waals surface area contributed by atoms with E-state index in [-0.39, 0.29) is 11.8 Å². The van der Waals surface area contributed by atoms with E-state index in [0.717, 1.165) is 5.56 Å². The van der Waals surface area contributed by atoms with Gasteiger partial charge in [0.1, 0.15) is 0 Å². The molecule has 2 bridgehead atoms. The molecule has 21 heavy (non-hydrogen) atoms. The average Bonchev–Trinajstić information content (AvgIpc) is 2.55. The Kier molecular flexibility index (Phi) is 2.14. The zero-order chi connectivity index (χ0) is 14.0. The maximum Gasteiger partial charge on any atom is 0.156 e. The van der Waals surface area contributed by atoms with Crippen molar-refractivity contribution in [3.63, 3.8) is 0 Å². The van der Waals surface area contributed by atoms with Gasteiger partial charge in [0.25, 0.3) is 0 Å². The third-order valence-electron chi connectivity index (χ3n) is 4.71. The summed E-state index contributed by atoms with van der Waals surface area (Å²) in [6.45, 7) is 0. The normalized spacial score (nSPS) is 20.6. The van der Waals surface area contributed by atoms with E-state index in [2.05, 4.69) is 58.7 Å². The van der Waals surface area contributed by atoms with E-state index in [1.807, 2.05) is 6.20 Å². The van der Waals surface area contributed by atoms with Crippen molar-refractivity contribution in [2.75, 3.05) is 0 Å². The maximum atomic E-state index is 6.40. The minimum atomic E-state index is 0.181. The number of halogens is 1. The molecule has 0 spiro atoms. The summed E-state index contributed by atoms with van der Waals surface area (Å²) in [5, 5.41) is 8.69. The van der Waals surface area contributed by atoms with Crippen LogP contribution in [0.25, 0.3) is 0 Å². The van der Waals surface area contributed by atoms with Crippen molar-refractivity contribution in [1.82, 2.24) is 10.2 Å². The first-order valence-electron chi connectivity index (χ1n) is 7.05. The Morgan fingerprint density at radius 1 is 0.714 bits per heavy atom. The molecule has 0 amide bonds. The van der Waals surface area contributed by atoms with Crippen LogP contribution in [0.15, 0.2) is 54.7 Å². The Morgan fingerprint density at radius 3 is 1.81 bits per heavy atom. The van der Waals surface area contributed by atoms with Gasteiger partial charge in [-0.2, -0.15) is 5.10 Å². The van der Waals surface area contributed by atoms with Crippen LogP contribution < -0.4 is 0 Å². The van der Waals surface area contributed by atoms with Crippen LogP contribution in [-0.2, 0) is 0 Å². The van der Waals surface area contributed by atoms with Crippen molar-refractivity contribution in [2.24, 2.45) is 0 Å². The van der Waals surface area contributed by atoms with Crippen molar-refractivity contribution in [3.8, 4) is 0 Å². The second-order valence-electron chi connectivity index (χ2n) is 5.63. The molecule has 3 heteroatoms. The van der Waals surface area contributed by atoms with Gasteiger partial charge in [-0.3, -0.25) is 0 Å². The third kappa shape index (κ3) is 1.33. The van der Waals surface area contributed by atoms with E-state index in [9.17, 15) is 0 Å². The summed E-state index contributed by atoms with van der Waals surface area (Å²) < 4.78 is 0. The van der Waals surface area contributed by atoms with Gasteiger partial charge >= 0.3 is 0 Å². The quantitative estimate of drug-likeness (QED) is 0.429. The molecule has 2 aromatic carbocycles. The summed E-state index contributed by atoms with van der Waals surface area (Å²) in [5.41, 5.74) is 7.79. The molecule has 0 saturated carbocycles. The van der Waals surface area contributed by atoms with Crippen molar-refractivity contribution in [3.05, 3.63) is 93.3 Å². The molecular formula is C18H11ClN2. The van der Waals surface area contributed by atoms with Crippen molar-refractivity contribution >= 4 is 11.6 Å². The van der Waals surface area contributed by atoms with Crippen molar-refractivity contribution < 1.29 is 0 Å². The molecule has 1 aromatic heterocycles. The number of nitrogens with zero attached hydrogens (tertiary/aromatic N) is 2. The van der Waals surface area contributed by atoms with E-state index < -0.39 is 0 Å².